The van der Waals surface area contributed by atoms with Crippen LogP contribution in [0.3, 0.4) is 0 Å². The van der Waals surface area contributed by atoms with E-state index in [-0.39, 0.29) is 17.8 Å². The molecule has 0 radical (unpaired) electrons. The summed E-state index contributed by atoms with van der Waals surface area (Å²) >= 11 is 3.52. The van der Waals surface area contributed by atoms with Crippen molar-refractivity contribution in [2.45, 2.75) is 25.3 Å². The first-order valence-corrected chi connectivity index (χ1v) is 8.77. The molecule has 0 fully saturated rings. The molecular formula is C19H16BrFN2O. The van der Waals surface area contributed by atoms with Crippen molar-refractivity contribution in [1.82, 2.24) is 10.3 Å². The fourth-order valence-corrected chi connectivity index (χ4v) is 3.78. The highest BCUT2D eigenvalue weighted by molar-refractivity contribution is 9.10. The Hall–Kier alpha value is -2.14. The third kappa shape index (κ3) is 2.73. The SMILES string of the molecule is O=C(NC1CCCc2c1[nH]c1ccc(Br)cc21)c1ccc(F)cc1. The minimum atomic E-state index is -0.340. The molecule has 3 nitrogen and oxygen atoms in total. The van der Waals surface area contributed by atoms with Crippen molar-refractivity contribution in [1.29, 1.82) is 0 Å². The van der Waals surface area contributed by atoms with E-state index in [1.165, 1.54) is 35.2 Å². The van der Waals surface area contributed by atoms with E-state index in [1.54, 1.807) is 0 Å². The molecule has 1 unspecified atom stereocenters. The van der Waals surface area contributed by atoms with Gasteiger partial charge in [-0.2, -0.15) is 0 Å². The lowest BCUT2D eigenvalue weighted by Crippen LogP contribution is -2.31. The molecule has 2 N–H and O–H groups in total. The number of aromatic nitrogens is 1. The van der Waals surface area contributed by atoms with Gasteiger partial charge < -0.3 is 10.3 Å². The fraction of sp³-hybridized carbons (Fsp3) is 0.211. The van der Waals surface area contributed by atoms with Crippen LogP contribution in [-0.2, 0) is 6.42 Å². The fourth-order valence-electron chi connectivity index (χ4n) is 3.42. The van der Waals surface area contributed by atoms with Gasteiger partial charge in [-0.25, -0.2) is 4.39 Å². The molecule has 0 bridgehead atoms. The quantitative estimate of drug-likeness (QED) is 0.647. The predicted octanol–water partition coefficient (Wildman–Crippen LogP) is 4.88. The summed E-state index contributed by atoms with van der Waals surface area (Å²) in [6.07, 6.45) is 2.93. The number of aromatic amines is 1. The highest BCUT2D eigenvalue weighted by Crippen LogP contribution is 2.35. The Morgan fingerprint density at radius 3 is 2.79 bits per heavy atom. The number of nitrogens with one attached hydrogen (secondary N) is 2. The van der Waals surface area contributed by atoms with Crippen LogP contribution >= 0.6 is 15.9 Å². The molecule has 0 aliphatic heterocycles. The maximum Gasteiger partial charge on any atom is 0.251 e. The summed E-state index contributed by atoms with van der Waals surface area (Å²) < 4.78 is 14.1. The van der Waals surface area contributed by atoms with Gasteiger partial charge in [0.05, 0.1) is 6.04 Å². The molecule has 1 aromatic heterocycles. The number of carbonyl (C=O) groups is 1. The van der Waals surface area contributed by atoms with Crippen LogP contribution in [0.2, 0.25) is 0 Å². The molecule has 1 heterocycles. The van der Waals surface area contributed by atoms with E-state index < -0.39 is 0 Å². The Balaban J connectivity index is 1.65. The second kappa shape index (κ2) is 6.06. The maximum absolute atomic E-state index is 13.0. The summed E-state index contributed by atoms with van der Waals surface area (Å²) in [5, 5.41) is 4.29. The molecule has 0 spiro atoms. The lowest BCUT2D eigenvalue weighted by molar-refractivity contribution is 0.0932. The van der Waals surface area contributed by atoms with Crippen LogP contribution in [-0.4, -0.2) is 10.9 Å². The van der Waals surface area contributed by atoms with Crippen molar-refractivity contribution >= 4 is 32.7 Å². The number of H-pyrrole nitrogens is 1. The molecule has 0 saturated carbocycles. The van der Waals surface area contributed by atoms with Gasteiger partial charge in [-0.15, -0.1) is 0 Å². The van der Waals surface area contributed by atoms with Gasteiger partial charge in [0.2, 0.25) is 0 Å². The van der Waals surface area contributed by atoms with Crippen LogP contribution in [0, 0.1) is 5.82 Å². The van der Waals surface area contributed by atoms with Crippen LogP contribution < -0.4 is 5.32 Å². The lowest BCUT2D eigenvalue weighted by Gasteiger charge is -2.24. The van der Waals surface area contributed by atoms with Gasteiger partial charge >= 0.3 is 0 Å². The normalized spacial score (nSPS) is 16.8. The highest BCUT2D eigenvalue weighted by atomic mass is 79.9. The molecule has 1 atom stereocenters. The molecule has 5 heteroatoms. The number of hydrogen-bond acceptors (Lipinski definition) is 1. The van der Waals surface area contributed by atoms with E-state index in [9.17, 15) is 9.18 Å². The first-order valence-electron chi connectivity index (χ1n) is 7.98. The van der Waals surface area contributed by atoms with E-state index >= 15 is 0 Å². The molecule has 0 saturated heterocycles. The van der Waals surface area contributed by atoms with Crippen LogP contribution in [0.1, 0.15) is 40.5 Å². The zero-order chi connectivity index (χ0) is 16.7. The Bertz CT molecular complexity index is 917. The summed E-state index contributed by atoms with van der Waals surface area (Å²) in [4.78, 5) is 15.9. The Kier molecular flexibility index (Phi) is 3.88. The number of hydrogen-bond donors (Lipinski definition) is 2. The van der Waals surface area contributed by atoms with Crippen molar-refractivity contribution in [3.63, 3.8) is 0 Å². The summed E-state index contributed by atoms with van der Waals surface area (Å²) in [5.41, 5.74) is 3.93. The molecular weight excluding hydrogens is 371 g/mol. The number of benzene rings is 2. The van der Waals surface area contributed by atoms with Crippen molar-refractivity contribution in [2.75, 3.05) is 0 Å². The molecule has 122 valence electrons. The van der Waals surface area contributed by atoms with E-state index in [0.717, 1.165) is 34.9 Å². The molecule has 1 aliphatic carbocycles. The van der Waals surface area contributed by atoms with Gasteiger partial charge in [0, 0.05) is 26.6 Å². The van der Waals surface area contributed by atoms with Crippen molar-refractivity contribution < 1.29 is 9.18 Å². The van der Waals surface area contributed by atoms with Crippen LogP contribution in [0.4, 0.5) is 4.39 Å². The molecule has 4 rings (SSSR count). The third-order valence-corrected chi connectivity index (χ3v) is 5.07. The minimum absolute atomic E-state index is 0.0440. The minimum Gasteiger partial charge on any atom is -0.356 e. The van der Waals surface area contributed by atoms with Crippen LogP contribution in [0.15, 0.2) is 46.9 Å². The molecule has 1 amide bonds. The average Bonchev–Trinajstić information content (AvgIpc) is 2.94. The predicted molar refractivity (Wildman–Crippen MR) is 95.5 cm³/mol. The van der Waals surface area contributed by atoms with Crippen molar-refractivity contribution in [2.24, 2.45) is 0 Å². The van der Waals surface area contributed by atoms with Crippen molar-refractivity contribution in [3.05, 3.63) is 69.6 Å². The summed E-state index contributed by atoms with van der Waals surface area (Å²) in [5.74, 6) is -0.514. The first kappa shape index (κ1) is 15.4. The van der Waals surface area contributed by atoms with Crippen molar-refractivity contribution in [3.8, 4) is 0 Å². The Morgan fingerprint density at radius 2 is 2.00 bits per heavy atom. The Labute approximate surface area is 147 Å². The topological polar surface area (TPSA) is 44.9 Å². The zero-order valence-corrected chi connectivity index (χ0v) is 14.5. The number of rotatable bonds is 2. The highest BCUT2D eigenvalue weighted by Gasteiger charge is 2.25. The molecule has 3 aromatic rings. The van der Waals surface area contributed by atoms with Crippen LogP contribution in [0.5, 0.6) is 0 Å². The summed E-state index contributed by atoms with van der Waals surface area (Å²) in [6.45, 7) is 0. The number of amides is 1. The molecule has 2 aromatic carbocycles. The molecule has 24 heavy (non-hydrogen) atoms. The second-order valence-corrected chi connectivity index (χ2v) is 7.05. The standard InChI is InChI=1S/C19H16BrFN2O/c20-12-6-9-16-15(10-12)14-2-1-3-17(18(14)22-16)23-19(24)11-4-7-13(21)8-5-11/h4-10,17,22H,1-3H2,(H,23,24). The monoisotopic (exact) mass is 386 g/mol. The number of fused-ring (bicyclic) bond motifs is 3. The number of halogens is 2. The van der Waals surface area contributed by atoms with E-state index in [4.69, 9.17) is 0 Å². The van der Waals surface area contributed by atoms with Crippen LogP contribution in [0.25, 0.3) is 10.9 Å². The first-order chi connectivity index (χ1) is 11.6. The Morgan fingerprint density at radius 1 is 1.21 bits per heavy atom. The van der Waals surface area contributed by atoms with E-state index in [2.05, 4.69) is 38.4 Å². The smallest absolute Gasteiger partial charge is 0.251 e. The van der Waals surface area contributed by atoms with Gasteiger partial charge in [-0.05, 0) is 67.3 Å². The summed E-state index contributed by atoms with van der Waals surface area (Å²) in [6, 6.07) is 11.8. The van der Waals surface area contributed by atoms with Gasteiger partial charge in [0.1, 0.15) is 5.82 Å². The number of carbonyl (C=O) groups excluding carboxylic acids is 1. The molecule has 1 aliphatic rings. The summed E-state index contributed by atoms with van der Waals surface area (Å²) in [7, 11) is 0. The second-order valence-electron chi connectivity index (χ2n) is 6.13. The zero-order valence-electron chi connectivity index (χ0n) is 12.9. The lowest BCUT2D eigenvalue weighted by atomic mass is 9.91. The largest absolute Gasteiger partial charge is 0.356 e. The van der Waals surface area contributed by atoms with Gasteiger partial charge in [0.15, 0.2) is 0 Å². The average molecular weight is 387 g/mol. The number of aryl methyl sites for hydroxylation is 1. The van der Waals surface area contributed by atoms with E-state index in [1.807, 2.05) is 6.07 Å². The third-order valence-electron chi connectivity index (χ3n) is 4.58. The van der Waals surface area contributed by atoms with Gasteiger partial charge in [-0.3, -0.25) is 4.79 Å². The van der Waals surface area contributed by atoms with Gasteiger partial charge in [0.25, 0.3) is 5.91 Å². The van der Waals surface area contributed by atoms with Gasteiger partial charge in [-0.1, -0.05) is 15.9 Å². The van der Waals surface area contributed by atoms with E-state index in [0.29, 0.717) is 5.56 Å². The maximum atomic E-state index is 13.0.